The van der Waals surface area contributed by atoms with Gasteiger partial charge in [0.05, 0.1) is 0 Å². The summed E-state index contributed by atoms with van der Waals surface area (Å²) >= 11 is 3.99. The highest BCUT2D eigenvalue weighted by Gasteiger charge is 2.37. The molecule has 1 N–H and O–H groups in total. The van der Waals surface area contributed by atoms with Crippen molar-refractivity contribution in [3.63, 3.8) is 0 Å². The molecule has 1 aliphatic rings. The third-order valence-electron chi connectivity index (χ3n) is 5.89. The van der Waals surface area contributed by atoms with Crippen LogP contribution in [0.4, 0.5) is 0 Å². The fourth-order valence-electron chi connectivity index (χ4n) is 3.75. The van der Waals surface area contributed by atoms with Crippen molar-refractivity contribution in [1.82, 2.24) is 0 Å². The zero-order chi connectivity index (χ0) is 20.5. The van der Waals surface area contributed by atoms with Crippen LogP contribution < -0.4 is 0 Å². The number of thioether (sulfide) groups is 2. The van der Waals surface area contributed by atoms with E-state index in [-0.39, 0.29) is 5.92 Å². The van der Waals surface area contributed by atoms with Gasteiger partial charge in [-0.1, -0.05) is 96.3 Å². The lowest BCUT2D eigenvalue weighted by atomic mass is 9.81. The number of allylic oxidation sites excluding steroid dienone is 2. The van der Waals surface area contributed by atoms with Crippen molar-refractivity contribution in [1.29, 1.82) is 0 Å². The molecule has 28 heavy (non-hydrogen) atoms. The first-order valence-corrected chi connectivity index (χ1v) is 14.2. The van der Waals surface area contributed by atoms with Crippen molar-refractivity contribution >= 4 is 23.5 Å². The quantitative estimate of drug-likeness (QED) is 0.224. The third kappa shape index (κ3) is 10.8. The summed E-state index contributed by atoms with van der Waals surface area (Å²) in [6.45, 7) is 6.66. The maximum Gasteiger partial charge on any atom is 0.102 e. The SMILES string of the molecule is CCCCCCCCSCC1C=CC=C(C)C1(O)CSCCCCCCCC. The lowest BCUT2D eigenvalue weighted by Gasteiger charge is -2.37. The molecule has 0 radical (unpaired) electrons. The maximum atomic E-state index is 11.4. The molecule has 0 saturated heterocycles. The molecule has 0 bridgehead atoms. The molecular formula is C25H46OS2. The van der Waals surface area contributed by atoms with Gasteiger partial charge in [0.2, 0.25) is 0 Å². The molecule has 0 aromatic heterocycles. The van der Waals surface area contributed by atoms with E-state index in [1.54, 1.807) is 0 Å². The highest BCUT2D eigenvalue weighted by Crippen LogP contribution is 2.36. The summed E-state index contributed by atoms with van der Waals surface area (Å²) in [6, 6.07) is 0. The first-order valence-electron chi connectivity index (χ1n) is 11.9. The first kappa shape index (κ1) is 26.2. The second-order valence-corrected chi connectivity index (χ2v) is 10.7. The zero-order valence-electron chi connectivity index (χ0n) is 18.9. The minimum atomic E-state index is -0.643. The Kier molecular flexibility index (Phi) is 15.8. The van der Waals surface area contributed by atoms with Crippen LogP contribution in [0.1, 0.15) is 97.8 Å². The molecule has 2 atom stereocenters. The van der Waals surface area contributed by atoms with Gasteiger partial charge in [-0.15, -0.1) is 0 Å². The van der Waals surface area contributed by atoms with Crippen molar-refractivity contribution < 1.29 is 5.11 Å². The Morgan fingerprint density at radius 3 is 1.96 bits per heavy atom. The normalized spacial score (nSPS) is 21.9. The molecular weight excluding hydrogens is 380 g/mol. The second-order valence-electron chi connectivity index (χ2n) is 8.43. The fraction of sp³-hybridized carbons (Fsp3) is 0.840. The highest BCUT2D eigenvalue weighted by molar-refractivity contribution is 7.99. The van der Waals surface area contributed by atoms with Crippen LogP contribution in [0, 0.1) is 5.92 Å². The molecule has 0 heterocycles. The van der Waals surface area contributed by atoms with Gasteiger partial charge in [0.1, 0.15) is 5.60 Å². The number of aliphatic hydroxyl groups is 1. The van der Waals surface area contributed by atoms with Crippen LogP contribution >= 0.6 is 23.5 Å². The Labute approximate surface area is 184 Å². The summed E-state index contributed by atoms with van der Waals surface area (Å²) in [7, 11) is 0. The Hall–Kier alpha value is 0.140. The summed E-state index contributed by atoms with van der Waals surface area (Å²) in [4.78, 5) is 0. The summed E-state index contributed by atoms with van der Waals surface area (Å²) in [6.07, 6.45) is 22.8. The molecule has 2 unspecified atom stereocenters. The average Bonchev–Trinajstić information content (AvgIpc) is 2.69. The Bertz CT molecular complexity index is 432. The second kappa shape index (κ2) is 16.9. The number of unbranched alkanes of at least 4 members (excludes halogenated alkanes) is 10. The third-order valence-corrected chi connectivity index (χ3v) is 8.28. The fourth-order valence-corrected chi connectivity index (χ4v) is 6.27. The van der Waals surface area contributed by atoms with E-state index in [2.05, 4.69) is 39.0 Å². The molecule has 0 amide bonds. The van der Waals surface area contributed by atoms with Crippen molar-refractivity contribution in [3.8, 4) is 0 Å². The highest BCUT2D eigenvalue weighted by atomic mass is 32.2. The number of rotatable bonds is 18. The minimum Gasteiger partial charge on any atom is -0.384 e. The standard InChI is InChI=1S/C25H46OS2/c1-4-6-8-10-12-14-19-27-21-24-18-16-17-23(3)25(24,26)22-28-20-15-13-11-9-7-5-2/h16-18,24,26H,4-15,19-22H2,1-3H3. The lowest BCUT2D eigenvalue weighted by Crippen LogP contribution is -2.43. The van der Waals surface area contributed by atoms with Gasteiger partial charge in [-0.05, 0) is 36.8 Å². The van der Waals surface area contributed by atoms with Gasteiger partial charge < -0.3 is 5.11 Å². The summed E-state index contributed by atoms with van der Waals surface area (Å²) in [5.74, 6) is 4.57. The van der Waals surface area contributed by atoms with Gasteiger partial charge in [-0.25, -0.2) is 0 Å². The van der Waals surface area contributed by atoms with Crippen LogP contribution in [0.2, 0.25) is 0 Å². The zero-order valence-corrected chi connectivity index (χ0v) is 20.5. The lowest BCUT2D eigenvalue weighted by molar-refractivity contribution is 0.0672. The van der Waals surface area contributed by atoms with Crippen molar-refractivity contribution in [2.45, 2.75) is 103 Å². The van der Waals surface area contributed by atoms with E-state index in [4.69, 9.17) is 0 Å². The molecule has 164 valence electrons. The summed E-state index contributed by atoms with van der Waals surface area (Å²) in [5.41, 5.74) is 0.506. The van der Waals surface area contributed by atoms with E-state index in [0.717, 1.165) is 17.1 Å². The predicted octanol–water partition coefficient (Wildman–Crippen LogP) is 8.04. The van der Waals surface area contributed by atoms with Gasteiger partial charge in [0, 0.05) is 17.4 Å². The largest absolute Gasteiger partial charge is 0.384 e. The van der Waals surface area contributed by atoms with Crippen LogP contribution in [0.15, 0.2) is 23.8 Å². The van der Waals surface area contributed by atoms with Crippen molar-refractivity contribution in [3.05, 3.63) is 23.8 Å². The van der Waals surface area contributed by atoms with Crippen LogP contribution in [-0.2, 0) is 0 Å². The Morgan fingerprint density at radius 2 is 1.36 bits per heavy atom. The summed E-state index contributed by atoms with van der Waals surface area (Å²) in [5, 5.41) is 11.4. The molecule has 1 nitrogen and oxygen atoms in total. The topological polar surface area (TPSA) is 20.2 Å². The van der Waals surface area contributed by atoms with Crippen LogP contribution in [0.25, 0.3) is 0 Å². The monoisotopic (exact) mass is 426 g/mol. The molecule has 0 fully saturated rings. The molecule has 0 spiro atoms. The molecule has 0 saturated carbocycles. The van der Waals surface area contributed by atoms with Gasteiger partial charge in [-0.3, -0.25) is 0 Å². The van der Waals surface area contributed by atoms with Crippen LogP contribution in [-0.4, -0.2) is 33.7 Å². The maximum absolute atomic E-state index is 11.4. The molecule has 0 aliphatic heterocycles. The molecule has 0 aromatic rings. The Balaban J connectivity index is 2.24. The average molecular weight is 427 g/mol. The van der Waals surface area contributed by atoms with E-state index in [1.165, 1.54) is 88.6 Å². The van der Waals surface area contributed by atoms with Crippen LogP contribution in [0.3, 0.4) is 0 Å². The van der Waals surface area contributed by atoms with Crippen molar-refractivity contribution in [2.24, 2.45) is 5.92 Å². The van der Waals surface area contributed by atoms with Gasteiger partial charge >= 0.3 is 0 Å². The van der Waals surface area contributed by atoms with E-state index in [9.17, 15) is 5.11 Å². The molecule has 1 aliphatic carbocycles. The van der Waals surface area contributed by atoms with E-state index in [1.807, 2.05) is 23.5 Å². The van der Waals surface area contributed by atoms with E-state index in [0.29, 0.717) is 0 Å². The number of hydrogen-bond acceptors (Lipinski definition) is 3. The molecule has 3 heteroatoms. The van der Waals surface area contributed by atoms with Crippen LogP contribution in [0.5, 0.6) is 0 Å². The predicted molar refractivity (Wildman–Crippen MR) is 133 cm³/mol. The van der Waals surface area contributed by atoms with E-state index >= 15 is 0 Å². The van der Waals surface area contributed by atoms with E-state index < -0.39 is 5.60 Å². The van der Waals surface area contributed by atoms with Gasteiger partial charge in [-0.2, -0.15) is 23.5 Å². The van der Waals surface area contributed by atoms with Crippen molar-refractivity contribution in [2.75, 3.05) is 23.0 Å². The minimum absolute atomic E-state index is 0.264. The Morgan fingerprint density at radius 1 is 0.821 bits per heavy atom. The smallest absolute Gasteiger partial charge is 0.102 e. The van der Waals surface area contributed by atoms with Gasteiger partial charge in [0.15, 0.2) is 0 Å². The summed E-state index contributed by atoms with van der Waals surface area (Å²) < 4.78 is 0. The molecule has 0 aromatic carbocycles. The first-order chi connectivity index (χ1) is 13.6. The van der Waals surface area contributed by atoms with Gasteiger partial charge in [0.25, 0.3) is 0 Å². The number of hydrogen-bond donors (Lipinski definition) is 1. The molecule has 1 rings (SSSR count).